The van der Waals surface area contributed by atoms with Crippen LogP contribution in [0.4, 0.5) is 0 Å². The second-order valence-corrected chi connectivity index (χ2v) is 2.29. The van der Waals surface area contributed by atoms with Crippen LogP contribution in [0.1, 0.15) is 5.56 Å². The summed E-state index contributed by atoms with van der Waals surface area (Å²) < 4.78 is 0. The van der Waals surface area contributed by atoms with E-state index in [1.54, 1.807) is 30.4 Å². The normalized spacial score (nSPS) is 9.67. The number of aromatic hydroxyl groups is 1. The molecule has 12 heavy (non-hydrogen) atoms. The summed E-state index contributed by atoms with van der Waals surface area (Å²) in [6.45, 7) is 3.42. The monoisotopic (exact) mass is 158 g/mol. The van der Waals surface area contributed by atoms with E-state index in [-0.39, 0.29) is 5.75 Å². The van der Waals surface area contributed by atoms with E-state index in [2.05, 4.69) is 12.3 Å². The fourth-order valence-corrected chi connectivity index (χ4v) is 0.848. The highest BCUT2D eigenvalue weighted by molar-refractivity contribution is 5.57. The van der Waals surface area contributed by atoms with Crippen LogP contribution in [0.25, 0.3) is 6.08 Å². The lowest BCUT2D eigenvalue weighted by Gasteiger charge is -1.95. The fourth-order valence-electron chi connectivity index (χ4n) is 0.848. The molecule has 0 saturated carbocycles. The molecule has 0 aliphatic rings. The lowest BCUT2D eigenvalue weighted by Crippen LogP contribution is -1.71. The molecule has 60 valence electrons. The van der Waals surface area contributed by atoms with E-state index in [0.29, 0.717) is 0 Å². The summed E-state index contributed by atoms with van der Waals surface area (Å²) in [4.78, 5) is 0. The largest absolute Gasteiger partial charge is 0.507 e. The second kappa shape index (κ2) is 4.22. The van der Waals surface area contributed by atoms with Gasteiger partial charge < -0.3 is 5.11 Å². The van der Waals surface area contributed by atoms with E-state index < -0.39 is 0 Å². The van der Waals surface area contributed by atoms with E-state index in [1.807, 2.05) is 12.1 Å². The average molecular weight is 158 g/mol. The third kappa shape index (κ3) is 2.15. The van der Waals surface area contributed by atoms with Crippen LogP contribution in [-0.2, 0) is 0 Å². The maximum atomic E-state index is 9.31. The van der Waals surface area contributed by atoms with E-state index in [9.17, 15) is 5.11 Å². The molecule has 0 aromatic heterocycles. The number of rotatable bonds is 2. The molecule has 0 aliphatic carbocycles. The van der Waals surface area contributed by atoms with Crippen molar-refractivity contribution in [3.05, 3.63) is 54.3 Å². The zero-order chi connectivity index (χ0) is 8.81. The van der Waals surface area contributed by atoms with Crippen LogP contribution in [0.3, 0.4) is 0 Å². The highest BCUT2D eigenvalue weighted by atomic mass is 16.3. The van der Waals surface area contributed by atoms with Gasteiger partial charge in [-0.1, -0.05) is 36.9 Å². The maximum Gasteiger partial charge on any atom is 0.122 e. The SMILES string of the molecule is C=C=C/C=C/c1ccccc1O. The lowest BCUT2D eigenvalue weighted by atomic mass is 10.2. The third-order valence-corrected chi connectivity index (χ3v) is 1.43. The minimum absolute atomic E-state index is 0.284. The highest BCUT2D eigenvalue weighted by Gasteiger charge is 1.91. The molecule has 0 unspecified atom stereocenters. The van der Waals surface area contributed by atoms with Crippen molar-refractivity contribution in [1.82, 2.24) is 0 Å². The molecule has 0 heterocycles. The number of hydrogen-bond acceptors (Lipinski definition) is 1. The van der Waals surface area contributed by atoms with Crippen molar-refractivity contribution in [3.8, 4) is 5.75 Å². The van der Waals surface area contributed by atoms with Crippen molar-refractivity contribution in [2.45, 2.75) is 0 Å². The molecule has 0 atom stereocenters. The van der Waals surface area contributed by atoms with Gasteiger partial charge in [-0.05, 0) is 12.1 Å². The van der Waals surface area contributed by atoms with Crippen molar-refractivity contribution in [1.29, 1.82) is 0 Å². The van der Waals surface area contributed by atoms with Gasteiger partial charge in [0, 0.05) is 5.56 Å². The minimum Gasteiger partial charge on any atom is -0.507 e. The first-order valence-electron chi connectivity index (χ1n) is 3.65. The lowest BCUT2D eigenvalue weighted by molar-refractivity contribution is 0.474. The molecule has 1 nitrogen and oxygen atoms in total. The van der Waals surface area contributed by atoms with Crippen molar-refractivity contribution in [3.63, 3.8) is 0 Å². The standard InChI is InChI=1S/C11H10O/c1-2-3-4-7-10-8-5-6-9-11(10)12/h3-9,12H,1H2/b7-4+. The molecule has 1 N–H and O–H groups in total. The van der Waals surface area contributed by atoms with Gasteiger partial charge in [0.25, 0.3) is 0 Å². The summed E-state index contributed by atoms with van der Waals surface area (Å²) in [7, 11) is 0. The Hall–Kier alpha value is -1.72. The van der Waals surface area contributed by atoms with Gasteiger partial charge in [-0.2, -0.15) is 0 Å². The van der Waals surface area contributed by atoms with Gasteiger partial charge in [0.1, 0.15) is 5.75 Å². The predicted octanol–water partition coefficient (Wildman–Crippen LogP) is 2.75. The zero-order valence-corrected chi connectivity index (χ0v) is 6.70. The van der Waals surface area contributed by atoms with E-state index >= 15 is 0 Å². The number of phenolic OH excluding ortho intramolecular Hbond substituents is 1. The van der Waals surface area contributed by atoms with E-state index in [0.717, 1.165) is 5.56 Å². The quantitative estimate of drug-likeness (QED) is 0.518. The molecular weight excluding hydrogens is 148 g/mol. The Balaban J connectivity index is 2.89. The smallest absolute Gasteiger partial charge is 0.122 e. The third-order valence-electron chi connectivity index (χ3n) is 1.43. The number of hydrogen-bond donors (Lipinski definition) is 1. The molecule has 1 aromatic rings. The predicted molar refractivity (Wildman–Crippen MR) is 50.9 cm³/mol. The molecule has 0 bridgehead atoms. The van der Waals surface area contributed by atoms with E-state index in [4.69, 9.17) is 0 Å². The molecule has 0 aliphatic heterocycles. The van der Waals surface area contributed by atoms with Crippen molar-refractivity contribution >= 4 is 6.08 Å². The van der Waals surface area contributed by atoms with Crippen molar-refractivity contribution in [2.75, 3.05) is 0 Å². The molecule has 1 aromatic carbocycles. The Kier molecular flexibility index (Phi) is 2.95. The maximum absolute atomic E-state index is 9.31. The fraction of sp³-hybridized carbons (Fsp3) is 0. The number of phenols is 1. The van der Waals surface area contributed by atoms with Crippen molar-refractivity contribution < 1.29 is 5.11 Å². The Bertz CT molecular complexity index is 331. The average Bonchev–Trinajstić information content (AvgIpc) is 2.09. The molecule has 0 spiro atoms. The van der Waals surface area contributed by atoms with Gasteiger partial charge in [-0.25, -0.2) is 0 Å². The van der Waals surface area contributed by atoms with Gasteiger partial charge in [-0.3, -0.25) is 0 Å². The second-order valence-electron chi connectivity index (χ2n) is 2.29. The first kappa shape index (κ1) is 8.38. The van der Waals surface area contributed by atoms with Crippen LogP contribution in [0.5, 0.6) is 5.75 Å². The number of allylic oxidation sites excluding steroid dienone is 2. The van der Waals surface area contributed by atoms with Gasteiger partial charge >= 0.3 is 0 Å². The van der Waals surface area contributed by atoms with Crippen LogP contribution < -0.4 is 0 Å². The molecule has 0 amide bonds. The van der Waals surface area contributed by atoms with Crippen LogP contribution in [0.15, 0.2) is 48.7 Å². The van der Waals surface area contributed by atoms with Crippen LogP contribution in [0.2, 0.25) is 0 Å². The minimum atomic E-state index is 0.284. The molecule has 0 saturated heterocycles. The van der Waals surface area contributed by atoms with Gasteiger partial charge in [0.15, 0.2) is 0 Å². The van der Waals surface area contributed by atoms with Crippen molar-refractivity contribution in [2.24, 2.45) is 0 Å². The van der Waals surface area contributed by atoms with Gasteiger partial charge in [-0.15, -0.1) is 5.73 Å². The van der Waals surface area contributed by atoms with Crippen LogP contribution in [0, 0.1) is 0 Å². The highest BCUT2D eigenvalue weighted by Crippen LogP contribution is 2.16. The van der Waals surface area contributed by atoms with Gasteiger partial charge in [0.2, 0.25) is 0 Å². The summed E-state index contributed by atoms with van der Waals surface area (Å²) >= 11 is 0. The first-order valence-corrected chi connectivity index (χ1v) is 3.65. The molecule has 1 heteroatoms. The van der Waals surface area contributed by atoms with E-state index in [1.165, 1.54) is 0 Å². The molecule has 0 fully saturated rings. The first-order chi connectivity index (χ1) is 5.84. The summed E-state index contributed by atoms with van der Waals surface area (Å²) in [6.07, 6.45) is 5.27. The molecule has 0 radical (unpaired) electrons. The Morgan fingerprint density at radius 1 is 1.33 bits per heavy atom. The van der Waals surface area contributed by atoms with Crippen LogP contribution >= 0.6 is 0 Å². The van der Waals surface area contributed by atoms with Crippen LogP contribution in [-0.4, -0.2) is 5.11 Å². The molecular formula is C11H10O. The summed E-state index contributed by atoms with van der Waals surface area (Å²) in [6, 6.07) is 7.15. The van der Waals surface area contributed by atoms with Gasteiger partial charge in [0.05, 0.1) is 0 Å². The summed E-state index contributed by atoms with van der Waals surface area (Å²) in [5.74, 6) is 0.284. The topological polar surface area (TPSA) is 20.2 Å². The Labute approximate surface area is 72.0 Å². The summed E-state index contributed by atoms with van der Waals surface area (Å²) in [5, 5.41) is 9.31. The number of para-hydroxylation sites is 1. The number of benzene rings is 1. The molecule has 1 rings (SSSR count). The Morgan fingerprint density at radius 2 is 2.08 bits per heavy atom. The summed E-state index contributed by atoms with van der Waals surface area (Å²) in [5.41, 5.74) is 3.41. The Morgan fingerprint density at radius 3 is 2.75 bits per heavy atom. The zero-order valence-electron chi connectivity index (χ0n) is 6.70.